The predicted octanol–water partition coefficient (Wildman–Crippen LogP) is 2.12. The molecule has 0 radical (unpaired) electrons. The van der Waals surface area contributed by atoms with Crippen LogP contribution in [-0.4, -0.2) is 18.0 Å². The minimum absolute atomic E-state index is 1.01. The van der Waals surface area contributed by atoms with E-state index < -0.39 is 0 Å². The number of rotatable bonds is 2. The van der Waals surface area contributed by atoms with Crippen molar-refractivity contribution in [2.75, 3.05) is 13.1 Å². The van der Waals surface area contributed by atoms with Gasteiger partial charge in [0.05, 0.1) is 0 Å². The lowest BCUT2D eigenvalue weighted by Crippen LogP contribution is -2.32. The first-order chi connectivity index (χ1) is 7.25. The van der Waals surface area contributed by atoms with Crippen molar-refractivity contribution in [1.82, 2.24) is 4.90 Å². The van der Waals surface area contributed by atoms with E-state index in [9.17, 15) is 0 Å². The number of benzene rings is 1. The normalized spacial score (nSPS) is 18.2. The molecule has 0 spiro atoms. The highest BCUT2D eigenvalue weighted by molar-refractivity contribution is 5.17. The molecule has 2 rings (SSSR count). The summed E-state index contributed by atoms with van der Waals surface area (Å²) >= 11 is 0. The van der Waals surface area contributed by atoms with Gasteiger partial charge < -0.3 is 5.73 Å². The van der Waals surface area contributed by atoms with Crippen LogP contribution in [0.1, 0.15) is 18.9 Å². The van der Waals surface area contributed by atoms with Crippen molar-refractivity contribution in [2.24, 2.45) is 5.73 Å². The Hall–Kier alpha value is -1.28. The van der Waals surface area contributed by atoms with Crippen molar-refractivity contribution < 1.29 is 0 Å². The van der Waals surface area contributed by atoms with Crippen LogP contribution in [0.25, 0.3) is 0 Å². The van der Waals surface area contributed by atoms with E-state index in [1.165, 1.54) is 11.1 Å². The summed E-state index contributed by atoms with van der Waals surface area (Å²) in [4.78, 5) is 2.45. The van der Waals surface area contributed by atoms with Crippen LogP contribution < -0.4 is 5.73 Å². The van der Waals surface area contributed by atoms with E-state index in [-0.39, 0.29) is 0 Å². The van der Waals surface area contributed by atoms with E-state index in [0.29, 0.717) is 0 Å². The second-order valence-electron chi connectivity index (χ2n) is 4.25. The average molecular weight is 202 g/mol. The van der Waals surface area contributed by atoms with Crippen molar-refractivity contribution in [3.05, 3.63) is 47.2 Å². The van der Waals surface area contributed by atoms with Gasteiger partial charge in [0, 0.05) is 25.3 Å². The molecule has 1 heterocycles. The van der Waals surface area contributed by atoms with E-state index in [1.807, 2.05) is 0 Å². The van der Waals surface area contributed by atoms with Gasteiger partial charge in [0.25, 0.3) is 0 Å². The van der Waals surface area contributed by atoms with Crippen LogP contribution in [-0.2, 0) is 6.54 Å². The minimum atomic E-state index is 1.01. The molecule has 0 aliphatic carbocycles. The Morgan fingerprint density at radius 3 is 2.67 bits per heavy atom. The number of nitrogens with two attached hydrogens (primary N) is 1. The van der Waals surface area contributed by atoms with Crippen molar-refractivity contribution >= 4 is 0 Å². The van der Waals surface area contributed by atoms with Crippen molar-refractivity contribution in [3.8, 4) is 0 Å². The number of hydrogen-bond donors (Lipinski definition) is 1. The molecule has 2 N–H and O–H groups in total. The molecule has 0 bridgehead atoms. The summed E-state index contributed by atoms with van der Waals surface area (Å²) in [7, 11) is 0. The van der Waals surface area contributed by atoms with E-state index in [1.54, 1.807) is 0 Å². The van der Waals surface area contributed by atoms with Gasteiger partial charge in [-0.25, -0.2) is 0 Å². The van der Waals surface area contributed by atoms with Crippen LogP contribution in [0, 0.1) is 0 Å². The monoisotopic (exact) mass is 202 g/mol. The summed E-state index contributed by atoms with van der Waals surface area (Å²) in [5, 5.41) is 0. The van der Waals surface area contributed by atoms with Gasteiger partial charge in [-0.1, -0.05) is 30.3 Å². The van der Waals surface area contributed by atoms with Gasteiger partial charge in [-0.05, 0) is 24.5 Å². The first kappa shape index (κ1) is 10.2. The third-order valence-electron chi connectivity index (χ3n) is 2.96. The fourth-order valence-electron chi connectivity index (χ4n) is 1.98. The Bertz CT molecular complexity index is 354. The summed E-state index contributed by atoms with van der Waals surface area (Å²) in [6, 6.07) is 10.6. The Kier molecular flexibility index (Phi) is 3.07. The highest BCUT2D eigenvalue weighted by Gasteiger charge is 2.13. The second kappa shape index (κ2) is 4.49. The maximum Gasteiger partial charge on any atom is 0.0237 e. The smallest absolute Gasteiger partial charge is 0.0237 e. The quantitative estimate of drug-likeness (QED) is 0.796. The van der Waals surface area contributed by atoms with Crippen LogP contribution in [0.2, 0.25) is 0 Å². The third-order valence-corrected chi connectivity index (χ3v) is 2.96. The molecule has 15 heavy (non-hydrogen) atoms. The lowest BCUT2D eigenvalue weighted by atomic mass is 10.1. The molecule has 2 nitrogen and oxygen atoms in total. The molecule has 1 aromatic rings. The maximum atomic E-state index is 5.89. The Morgan fingerprint density at radius 1 is 1.27 bits per heavy atom. The van der Waals surface area contributed by atoms with Gasteiger partial charge in [0.2, 0.25) is 0 Å². The van der Waals surface area contributed by atoms with Crippen molar-refractivity contribution in [2.45, 2.75) is 19.9 Å². The van der Waals surface area contributed by atoms with E-state index in [0.717, 1.165) is 31.8 Å². The first-order valence-corrected chi connectivity index (χ1v) is 5.46. The standard InChI is InChI=1S/C13H18N2/c1-11-9-15(8-7-13(11)14)10-12-5-3-2-4-6-12/h2-6H,7-10,14H2,1H3. The van der Waals surface area contributed by atoms with Gasteiger partial charge in [-0.2, -0.15) is 0 Å². The SMILES string of the molecule is CC1=C(N)CCN(Cc2ccccc2)C1. The zero-order chi connectivity index (χ0) is 10.7. The molecule has 80 valence electrons. The fourth-order valence-corrected chi connectivity index (χ4v) is 1.98. The zero-order valence-corrected chi connectivity index (χ0v) is 9.24. The molecule has 0 saturated carbocycles. The average Bonchev–Trinajstić information content (AvgIpc) is 2.25. The minimum Gasteiger partial charge on any atom is -0.402 e. The van der Waals surface area contributed by atoms with Crippen molar-refractivity contribution in [3.63, 3.8) is 0 Å². The fraction of sp³-hybridized carbons (Fsp3) is 0.385. The van der Waals surface area contributed by atoms with Gasteiger partial charge in [-0.15, -0.1) is 0 Å². The van der Waals surface area contributed by atoms with E-state index in [2.05, 4.69) is 42.2 Å². The summed E-state index contributed by atoms with van der Waals surface area (Å²) in [5.74, 6) is 0. The molecule has 0 amide bonds. The molecule has 0 aromatic heterocycles. The molecular formula is C13H18N2. The van der Waals surface area contributed by atoms with Gasteiger partial charge in [0.1, 0.15) is 0 Å². The largest absolute Gasteiger partial charge is 0.402 e. The first-order valence-electron chi connectivity index (χ1n) is 5.46. The highest BCUT2D eigenvalue weighted by atomic mass is 15.1. The molecule has 0 unspecified atom stereocenters. The molecular weight excluding hydrogens is 184 g/mol. The Morgan fingerprint density at radius 2 is 2.00 bits per heavy atom. The van der Waals surface area contributed by atoms with Crippen molar-refractivity contribution in [1.29, 1.82) is 0 Å². The predicted molar refractivity (Wildman–Crippen MR) is 63.2 cm³/mol. The molecule has 0 saturated heterocycles. The van der Waals surface area contributed by atoms with E-state index in [4.69, 9.17) is 5.73 Å². The zero-order valence-electron chi connectivity index (χ0n) is 9.24. The van der Waals surface area contributed by atoms with Crippen LogP contribution in [0.5, 0.6) is 0 Å². The summed E-state index contributed by atoms with van der Waals surface area (Å²) in [6.45, 7) is 5.26. The molecule has 1 aromatic carbocycles. The summed E-state index contributed by atoms with van der Waals surface area (Å²) in [5.41, 5.74) is 9.68. The van der Waals surface area contributed by atoms with Gasteiger partial charge in [-0.3, -0.25) is 4.90 Å². The van der Waals surface area contributed by atoms with Gasteiger partial charge in [0.15, 0.2) is 0 Å². The molecule has 2 heteroatoms. The lowest BCUT2D eigenvalue weighted by molar-refractivity contribution is 0.276. The lowest BCUT2D eigenvalue weighted by Gasteiger charge is -2.28. The topological polar surface area (TPSA) is 29.3 Å². The van der Waals surface area contributed by atoms with Crippen LogP contribution in [0.4, 0.5) is 0 Å². The molecule has 0 atom stereocenters. The number of nitrogens with zero attached hydrogens (tertiary/aromatic N) is 1. The van der Waals surface area contributed by atoms with Gasteiger partial charge >= 0.3 is 0 Å². The molecule has 1 aliphatic rings. The summed E-state index contributed by atoms with van der Waals surface area (Å²) < 4.78 is 0. The number of hydrogen-bond acceptors (Lipinski definition) is 2. The van der Waals surface area contributed by atoms with E-state index >= 15 is 0 Å². The summed E-state index contributed by atoms with van der Waals surface area (Å²) in [6.07, 6.45) is 1.01. The van der Waals surface area contributed by atoms with Crippen LogP contribution in [0.15, 0.2) is 41.6 Å². The maximum absolute atomic E-state index is 5.89. The van der Waals surface area contributed by atoms with Crippen LogP contribution >= 0.6 is 0 Å². The molecule has 0 fully saturated rings. The Labute approximate surface area is 91.4 Å². The Balaban J connectivity index is 1.98. The third kappa shape index (κ3) is 2.60. The highest BCUT2D eigenvalue weighted by Crippen LogP contribution is 2.15. The van der Waals surface area contributed by atoms with Crippen LogP contribution in [0.3, 0.4) is 0 Å². The molecule has 1 aliphatic heterocycles. The second-order valence-corrected chi connectivity index (χ2v) is 4.25.